The summed E-state index contributed by atoms with van der Waals surface area (Å²) in [7, 11) is 0. The van der Waals surface area contributed by atoms with Crippen molar-refractivity contribution in [3.8, 4) is 29.0 Å². The number of carbonyl (C=O) groups is 1. The highest BCUT2D eigenvalue weighted by atomic mass is 19.2. The van der Waals surface area contributed by atoms with Crippen LogP contribution in [0.15, 0.2) is 48.8 Å². The first-order valence-electron chi connectivity index (χ1n) is 9.19. The Balaban J connectivity index is 1.79. The molecular formula is C22H19F2N3O3. The predicted octanol–water partition coefficient (Wildman–Crippen LogP) is 3.76. The van der Waals surface area contributed by atoms with Gasteiger partial charge in [-0.25, -0.2) is 13.8 Å². The number of nitrogens with one attached hydrogen (secondary N) is 2. The van der Waals surface area contributed by atoms with Crippen molar-refractivity contribution >= 4 is 11.6 Å². The van der Waals surface area contributed by atoms with E-state index in [4.69, 9.17) is 9.47 Å². The number of nitrogens with zero attached hydrogens (tertiary/aromatic N) is 1. The van der Waals surface area contributed by atoms with Crippen LogP contribution in [0.1, 0.15) is 12.5 Å². The summed E-state index contributed by atoms with van der Waals surface area (Å²) >= 11 is 0. The van der Waals surface area contributed by atoms with Crippen LogP contribution in [0, 0.1) is 23.5 Å². The Bertz CT molecular complexity index is 1070. The van der Waals surface area contributed by atoms with Crippen molar-refractivity contribution in [1.82, 2.24) is 9.97 Å². The van der Waals surface area contributed by atoms with Crippen LogP contribution in [-0.4, -0.2) is 35.7 Å². The average Bonchev–Trinajstić information content (AvgIpc) is 3.28. The maximum absolute atomic E-state index is 13.3. The molecule has 154 valence electrons. The fourth-order valence-electron chi connectivity index (χ4n) is 2.54. The lowest BCUT2D eigenvalue weighted by molar-refractivity contribution is -0.111. The molecule has 0 aliphatic heterocycles. The molecule has 0 atom stereocenters. The minimum Gasteiger partial charge on any atom is -0.489 e. The Hall–Kier alpha value is -3.70. The summed E-state index contributed by atoms with van der Waals surface area (Å²) in [4.78, 5) is 19.5. The lowest BCUT2D eigenvalue weighted by Gasteiger charge is -2.12. The van der Waals surface area contributed by atoms with E-state index in [1.807, 2.05) is 6.92 Å². The van der Waals surface area contributed by atoms with Gasteiger partial charge in [-0.05, 0) is 43.3 Å². The van der Waals surface area contributed by atoms with Crippen molar-refractivity contribution in [3.63, 3.8) is 0 Å². The summed E-state index contributed by atoms with van der Waals surface area (Å²) in [6, 6.07) is 8.38. The summed E-state index contributed by atoms with van der Waals surface area (Å²) in [6.45, 7) is 3.16. The average molecular weight is 411 g/mol. The van der Waals surface area contributed by atoms with E-state index < -0.39 is 17.5 Å². The lowest BCUT2D eigenvalue weighted by atomic mass is 10.1. The Morgan fingerprint density at radius 3 is 2.77 bits per heavy atom. The number of imidazole rings is 1. The number of aromatic nitrogens is 2. The fraction of sp³-hybridized carbons (Fsp3) is 0.182. The Morgan fingerprint density at radius 1 is 1.17 bits per heavy atom. The molecule has 0 saturated carbocycles. The van der Waals surface area contributed by atoms with Gasteiger partial charge < -0.3 is 19.8 Å². The van der Waals surface area contributed by atoms with Crippen LogP contribution in [0.2, 0.25) is 0 Å². The van der Waals surface area contributed by atoms with E-state index in [9.17, 15) is 13.6 Å². The van der Waals surface area contributed by atoms with Gasteiger partial charge in [-0.2, -0.15) is 0 Å². The molecule has 3 aromatic rings. The van der Waals surface area contributed by atoms with Crippen LogP contribution in [0.5, 0.6) is 5.75 Å². The molecule has 1 amide bonds. The molecule has 2 aromatic carbocycles. The van der Waals surface area contributed by atoms with Gasteiger partial charge in [0.2, 0.25) is 0 Å². The SMILES string of the molecule is CCOCCOc1ccc(-c2ncc[nH]2)cc1NC(=O)C#Cc1ccc(F)c(F)c1. The number of H-pyrrole nitrogens is 1. The molecule has 0 radical (unpaired) electrons. The second-order valence-corrected chi connectivity index (χ2v) is 6.03. The van der Waals surface area contributed by atoms with Crippen molar-refractivity contribution in [2.24, 2.45) is 0 Å². The largest absolute Gasteiger partial charge is 0.489 e. The molecule has 0 fully saturated rings. The zero-order chi connectivity index (χ0) is 21.3. The normalized spacial score (nSPS) is 10.2. The summed E-state index contributed by atoms with van der Waals surface area (Å²) in [5.74, 6) is 3.29. The van der Waals surface area contributed by atoms with E-state index in [0.29, 0.717) is 37.1 Å². The maximum Gasteiger partial charge on any atom is 0.300 e. The van der Waals surface area contributed by atoms with E-state index in [1.165, 1.54) is 6.07 Å². The number of amides is 1. The second-order valence-electron chi connectivity index (χ2n) is 6.03. The van der Waals surface area contributed by atoms with Crippen LogP contribution >= 0.6 is 0 Å². The molecule has 1 aromatic heterocycles. The Kier molecular flexibility index (Phi) is 7.14. The molecule has 0 bridgehead atoms. The highest BCUT2D eigenvalue weighted by molar-refractivity contribution is 6.05. The van der Waals surface area contributed by atoms with Gasteiger partial charge in [0.05, 0.1) is 12.3 Å². The smallest absolute Gasteiger partial charge is 0.300 e. The van der Waals surface area contributed by atoms with E-state index in [-0.39, 0.29) is 5.56 Å². The quantitative estimate of drug-likeness (QED) is 0.459. The third-order valence-corrected chi connectivity index (χ3v) is 3.93. The predicted molar refractivity (Wildman–Crippen MR) is 108 cm³/mol. The highest BCUT2D eigenvalue weighted by Crippen LogP contribution is 2.29. The summed E-state index contributed by atoms with van der Waals surface area (Å²) in [5.41, 5.74) is 1.31. The number of ether oxygens (including phenoxy) is 2. The van der Waals surface area contributed by atoms with Gasteiger partial charge in [-0.15, -0.1) is 0 Å². The van der Waals surface area contributed by atoms with Crippen molar-refractivity contribution in [3.05, 3.63) is 66.0 Å². The van der Waals surface area contributed by atoms with Crippen molar-refractivity contribution < 1.29 is 23.0 Å². The summed E-state index contributed by atoms with van der Waals surface area (Å²) < 4.78 is 37.2. The number of anilines is 1. The van der Waals surface area contributed by atoms with E-state index in [0.717, 1.165) is 17.7 Å². The lowest BCUT2D eigenvalue weighted by Crippen LogP contribution is -2.12. The van der Waals surface area contributed by atoms with Crippen molar-refractivity contribution in [1.29, 1.82) is 0 Å². The first-order valence-corrected chi connectivity index (χ1v) is 9.19. The molecule has 6 nitrogen and oxygen atoms in total. The molecule has 30 heavy (non-hydrogen) atoms. The van der Waals surface area contributed by atoms with Gasteiger partial charge in [0, 0.05) is 36.0 Å². The van der Waals surface area contributed by atoms with Gasteiger partial charge in [-0.3, -0.25) is 4.79 Å². The highest BCUT2D eigenvalue weighted by Gasteiger charge is 2.11. The molecule has 8 heteroatoms. The number of halogens is 2. The maximum atomic E-state index is 13.3. The van der Waals surface area contributed by atoms with Gasteiger partial charge in [0.1, 0.15) is 18.2 Å². The minimum atomic E-state index is -1.03. The molecule has 0 unspecified atom stereocenters. The molecule has 0 aliphatic rings. The number of carbonyl (C=O) groups excluding carboxylic acids is 1. The zero-order valence-electron chi connectivity index (χ0n) is 16.2. The van der Waals surface area contributed by atoms with Crippen LogP contribution in [0.4, 0.5) is 14.5 Å². The summed E-state index contributed by atoms with van der Waals surface area (Å²) in [5, 5.41) is 2.66. The number of benzene rings is 2. The zero-order valence-corrected chi connectivity index (χ0v) is 16.2. The van der Waals surface area contributed by atoms with Crippen LogP contribution < -0.4 is 10.1 Å². The molecule has 2 N–H and O–H groups in total. The molecule has 1 heterocycles. The topological polar surface area (TPSA) is 76.2 Å². The first kappa shape index (κ1) is 21.0. The molecule has 0 aliphatic carbocycles. The van der Waals surface area contributed by atoms with Gasteiger partial charge >= 0.3 is 5.91 Å². The van der Waals surface area contributed by atoms with Gasteiger partial charge in [0.15, 0.2) is 11.6 Å². The minimum absolute atomic E-state index is 0.182. The number of rotatable bonds is 7. The molecule has 0 saturated heterocycles. The Labute approximate surface area is 172 Å². The third-order valence-electron chi connectivity index (χ3n) is 3.93. The van der Waals surface area contributed by atoms with E-state index >= 15 is 0 Å². The monoisotopic (exact) mass is 411 g/mol. The fourth-order valence-corrected chi connectivity index (χ4v) is 2.54. The number of hydrogen-bond acceptors (Lipinski definition) is 4. The van der Waals surface area contributed by atoms with Gasteiger partial charge in [0.25, 0.3) is 0 Å². The van der Waals surface area contributed by atoms with E-state index in [1.54, 1.807) is 30.6 Å². The molecule has 0 spiro atoms. The number of aromatic amines is 1. The standard InChI is InChI=1S/C22H19F2N3O3/c1-2-29-11-12-30-20-7-5-16(22-25-9-10-26-22)14-19(20)27-21(28)8-4-15-3-6-17(23)18(24)13-15/h3,5-7,9-10,13-14H,2,11-12H2,1H3,(H,25,26)(H,27,28). The molecule has 3 rings (SSSR count). The van der Waals surface area contributed by atoms with Crippen LogP contribution in [0.3, 0.4) is 0 Å². The third kappa shape index (κ3) is 5.65. The van der Waals surface area contributed by atoms with E-state index in [2.05, 4.69) is 27.1 Å². The molecular weight excluding hydrogens is 392 g/mol. The number of hydrogen-bond donors (Lipinski definition) is 2. The van der Waals surface area contributed by atoms with Crippen LogP contribution in [-0.2, 0) is 9.53 Å². The Morgan fingerprint density at radius 2 is 2.03 bits per heavy atom. The summed E-state index contributed by atoms with van der Waals surface area (Å²) in [6.07, 6.45) is 3.31. The second kappa shape index (κ2) is 10.2. The van der Waals surface area contributed by atoms with Crippen LogP contribution in [0.25, 0.3) is 11.4 Å². The van der Waals surface area contributed by atoms with Gasteiger partial charge in [-0.1, -0.05) is 5.92 Å². The van der Waals surface area contributed by atoms with Crippen molar-refractivity contribution in [2.75, 3.05) is 25.1 Å². The first-order chi connectivity index (χ1) is 14.6. The van der Waals surface area contributed by atoms with Crippen molar-refractivity contribution in [2.45, 2.75) is 6.92 Å².